The Balaban J connectivity index is 4.53. The zero-order valence-corrected chi connectivity index (χ0v) is 46.2. The Morgan fingerprint density at radius 2 is 0.620 bits per heavy atom. The van der Waals surface area contributed by atoms with Crippen LogP contribution in [0.5, 0.6) is 0 Å². The van der Waals surface area contributed by atoms with Gasteiger partial charge in [-0.3, -0.25) is 14.4 Å². The molecule has 0 rings (SSSR count). The number of esters is 3. The van der Waals surface area contributed by atoms with Gasteiger partial charge in [-0.15, -0.1) is 0 Å². The summed E-state index contributed by atoms with van der Waals surface area (Å²) >= 11 is 0. The molecule has 0 aliphatic carbocycles. The topological polar surface area (TPSA) is 78.9 Å². The molecule has 0 heterocycles. The van der Waals surface area contributed by atoms with Crippen LogP contribution in [0, 0.1) is 0 Å². The molecule has 0 amide bonds. The quantitative estimate of drug-likeness (QED) is 0.0199. The molecule has 0 saturated carbocycles. The van der Waals surface area contributed by atoms with Crippen molar-refractivity contribution >= 4 is 17.9 Å². The molecule has 0 radical (unpaired) electrons. The van der Waals surface area contributed by atoms with Gasteiger partial charge in [-0.2, -0.15) is 0 Å². The normalized spacial score (nSPS) is 12.9. The van der Waals surface area contributed by atoms with Crippen LogP contribution in [-0.4, -0.2) is 37.2 Å². The Hall–Kier alpha value is -3.93. The SMILES string of the molecule is CC/C=C\C/C=C\C/C=C\C/C=C\C/C=C\CCCC(=O)OCC(COC(=O)CCCCCCC\C=C/C=C\C=C/CCCCCCC)OC(=O)CCCCCCC/C=C\CCCCCCCCCCC. The van der Waals surface area contributed by atoms with Gasteiger partial charge in [0.15, 0.2) is 6.10 Å². The number of allylic oxidation sites excluding steroid dienone is 18. The summed E-state index contributed by atoms with van der Waals surface area (Å²) in [7, 11) is 0. The van der Waals surface area contributed by atoms with E-state index in [4.69, 9.17) is 14.2 Å². The van der Waals surface area contributed by atoms with Gasteiger partial charge in [0, 0.05) is 19.3 Å². The van der Waals surface area contributed by atoms with Crippen molar-refractivity contribution in [2.24, 2.45) is 0 Å². The van der Waals surface area contributed by atoms with E-state index >= 15 is 0 Å². The molecule has 0 fully saturated rings. The largest absolute Gasteiger partial charge is 0.462 e. The lowest BCUT2D eigenvalue weighted by Crippen LogP contribution is -2.30. The highest BCUT2D eigenvalue weighted by atomic mass is 16.6. The van der Waals surface area contributed by atoms with Gasteiger partial charge >= 0.3 is 17.9 Å². The highest BCUT2D eigenvalue weighted by Gasteiger charge is 2.19. The molecule has 0 N–H and O–H groups in total. The summed E-state index contributed by atoms with van der Waals surface area (Å²) in [6.45, 7) is 6.44. The second-order valence-electron chi connectivity index (χ2n) is 19.2. The monoisotopic (exact) mass is 985 g/mol. The van der Waals surface area contributed by atoms with Gasteiger partial charge in [-0.05, 0) is 109 Å². The molecular weight excluding hydrogens is 877 g/mol. The number of hydrogen-bond donors (Lipinski definition) is 0. The zero-order chi connectivity index (χ0) is 51.4. The van der Waals surface area contributed by atoms with Crippen molar-refractivity contribution in [2.75, 3.05) is 13.2 Å². The van der Waals surface area contributed by atoms with Crippen molar-refractivity contribution in [3.63, 3.8) is 0 Å². The Kier molecular flexibility index (Phi) is 55.4. The second kappa shape index (κ2) is 58.6. The highest BCUT2D eigenvalue weighted by molar-refractivity contribution is 5.71. The predicted molar refractivity (Wildman–Crippen MR) is 307 cm³/mol. The van der Waals surface area contributed by atoms with Crippen LogP contribution in [0.3, 0.4) is 0 Å². The number of rotatable bonds is 52. The summed E-state index contributed by atoms with van der Waals surface area (Å²) in [5, 5.41) is 0. The fraction of sp³-hybridized carbons (Fsp3) is 0.677. The Bertz CT molecular complexity index is 1460. The van der Waals surface area contributed by atoms with Crippen LogP contribution in [0.2, 0.25) is 0 Å². The summed E-state index contributed by atoms with van der Waals surface area (Å²) in [5.74, 6) is -0.995. The maximum Gasteiger partial charge on any atom is 0.306 e. The molecule has 0 aliphatic heterocycles. The van der Waals surface area contributed by atoms with Gasteiger partial charge < -0.3 is 14.2 Å². The third-order valence-electron chi connectivity index (χ3n) is 12.3. The maximum absolute atomic E-state index is 12.9. The Labute approximate surface area is 438 Å². The predicted octanol–water partition coefficient (Wildman–Crippen LogP) is 19.9. The van der Waals surface area contributed by atoms with Crippen LogP contribution in [0.15, 0.2) is 109 Å². The molecule has 0 aromatic heterocycles. The Morgan fingerprint density at radius 1 is 0.310 bits per heavy atom. The molecule has 0 aromatic rings. The lowest BCUT2D eigenvalue weighted by molar-refractivity contribution is -0.167. The van der Waals surface area contributed by atoms with E-state index in [1.54, 1.807) is 0 Å². The third-order valence-corrected chi connectivity index (χ3v) is 12.3. The number of ether oxygens (including phenoxy) is 3. The van der Waals surface area contributed by atoms with E-state index in [-0.39, 0.29) is 37.5 Å². The molecule has 6 heteroatoms. The number of hydrogen-bond acceptors (Lipinski definition) is 6. The summed E-state index contributed by atoms with van der Waals surface area (Å²) in [6, 6.07) is 0. The van der Waals surface area contributed by atoms with Crippen LogP contribution in [0.1, 0.15) is 265 Å². The van der Waals surface area contributed by atoms with E-state index in [0.29, 0.717) is 19.3 Å². The zero-order valence-electron chi connectivity index (χ0n) is 46.2. The fourth-order valence-corrected chi connectivity index (χ4v) is 7.89. The number of carbonyl (C=O) groups is 3. The average molecular weight is 986 g/mol. The van der Waals surface area contributed by atoms with Crippen LogP contribution in [0.25, 0.3) is 0 Å². The number of carbonyl (C=O) groups excluding carboxylic acids is 3. The van der Waals surface area contributed by atoms with Crippen molar-refractivity contribution in [1.82, 2.24) is 0 Å². The lowest BCUT2D eigenvalue weighted by Gasteiger charge is -2.18. The summed E-state index contributed by atoms with van der Waals surface area (Å²) < 4.78 is 16.8. The molecule has 0 aromatic carbocycles. The van der Waals surface area contributed by atoms with Crippen molar-refractivity contribution < 1.29 is 28.6 Å². The fourth-order valence-electron chi connectivity index (χ4n) is 7.89. The van der Waals surface area contributed by atoms with E-state index in [9.17, 15) is 14.4 Å². The summed E-state index contributed by atoms with van der Waals surface area (Å²) in [4.78, 5) is 38.2. The van der Waals surface area contributed by atoms with E-state index in [1.807, 2.05) is 0 Å². The van der Waals surface area contributed by atoms with Gasteiger partial charge in [0.2, 0.25) is 0 Å². The molecule has 6 nitrogen and oxygen atoms in total. The molecule has 0 bridgehead atoms. The van der Waals surface area contributed by atoms with E-state index in [2.05, 4.69) is 130 Å². The molecule has 0 saturated heterocycles. The minimum Gasteiger partial charge on any atom is -0.462 e. The number of unbranched alkanes of at least 4 members (excludes halogenated alkanes) is 25. The summed E-state index contributed by atoms with van der Waals surface area (Å²) in [5.41, 5.74) is 0. The third kappa shape index (κ3) is 56.9. The van der Waals surface area contributed by atoms with Gasteiger partial charge in [0.05, 0.1) is 0 Å². The molecule has 71 heavy (non-hydrogen) atoms. The molecule has 1 unspecified atom stereocenters. The van der Waals surface area contributed by atoms with Crippen LogP contribution in [0.4, 0.5) is 0 Å². The lowest BCUT2D eigenvalue weighted by atomic mass is 10.1. The molecule has 404 valence electrons. The van der Waals surface area contributed by atoms with E-state index in [0.717, 1.165) is 116 Å². The van der Waals surface area contributed by atoms with Crippen molar-refractivity contribution in [3.05, 3.63) is 109 Å². The smallest absolute Gasteiger partial charge is 0.306 e. The first-order chi connectivity index (χ1) is 35.0. The van der Waals surface area contributed by atoms with Crippen molar-refractivity contribution in [1.29, 1.82) is 0 Å². The molecule has 0 spiro atoms. The van der Waals surface area contributed by atoms with Gasteiger partial charge in [-0.25, -0.2) is 0 Å². The highest BCUT2D eigenvalue weighted by Crippen LogP contribution is 2.14. The minimum absolute atomic E-state index is 0.111. The van der Waals surface area contributed by atoms with Crippen molar-refractivity contribution in [2.45, 2.75) is 271 Å². The van der Waals surface area contributed by atoms with Crippen molar-refractivity contribution in [3.8, 4) is 0 Å². The Morgan fingerprint density at radius 3 is 1.04 bits per heavy atom. The minimum atomic E-state index is -0.817. The van der Waals surface area contributed by atoms with E-state index in [1.165, 1.54) is 103 Å². The first-order valence-corrected chi connectivity index (χ1v) is 29.4. The van der Waals surface area contributed by atoms with Gasteiger partial charge in [0.25, 0.3) is 0 Å². The molecule has 1 atom stereocenters. The van der Waals surface area contributed by atoms with Gasteiger partial charge in [-0.1, -0.05) is 246 Å². The average Bonchev–Trinajstić information content (AvgIpc) is 3.37. The van der Waals surface area contributed by atoms with Crippen LogP contribution in [-0.2, 0) is 28.6 Å². The molecular formula is C65H108O6. The summed E-state index contributed by atoms with van der Waals surface area (Å²) in [6.07, 6.45) is 79.4. The second-order valence-corrected chi connectivity index (χ2v) is 19.2. The maximum atomic E-state index is 12.9. The molecule has 0 aliphatic rings. The van der Waals surface area contributed by atoms with Gasteiger partial charge in [0.1, 0.15) is 13.2 Å². The first-order valence-electron chi connectivity index (χ1n) is 29.4. The first kappa shape index (κ1) is 67.1. The van der Waals surface area contributed by atoms with E-state index < -0.39 is 6.10 Å². The standard InChI is InChI=1S/C65H108O6/c1-4-7-10-13-16-19-22-25-28-31-34-37-40-43-46-49-52-55-58-64(67)70-61-62(60-69-63(66)57-54-51-48-45-42-39-36-33-30-27-24-21-18-15-12-9-6-3)71-65(68)59-56-53-50-47-44-41-38-35-32-29-26-23-20-17-14-11-8-5-2/h9,12,18,21-22,25,27-28,30-31,34-39,45,48,62H,4-8,10-11,13-17,19-20,23-24,26,29,32-33,40-44,46-47,49-61H2,1-3H3/b12-9-,21-18-,25-22-,30-27-,31-28-,37-34-,38-35-,39-36-,48-45-. The van der Waals surface area contributed by atoms with Crippen LogP contribution >= 0.6 is 0 Å². The van der Waals surface area contributed by atoms with Crippen LogP contribution < -0.4 is 0 Å².